The second-order valence-electron chi connectivity index (χ2n) is 1.02. The molecule has 0 aliphatic carbocycles. The monoisotopic (exact) mass is 136 g/mol. The summed E-state index contributed by atoms with van der Waals surface area (Å²) in [6.45, 7) is 0. The Balaban J connectivity index is 3.15. The van der Waals surface area contributed by atoms with Crippen molar-refractivity contribution in [2.45, 2.75) is 6.10 Å². The van der Waals surface area contributed by atoms with E-state index in [1.165, 1.54) is 0 Å². The Labute approximate surface area is 48.4 Å². The summed E-state index contributed by atoms with van der Waals surface area (Å²) in [6, 6.07) is 0. The molecule has 0 saturated heterocycles. The Bertz CT molecular complexity index is 75.3. The summed E-state index contributed by atoms with van der Waals surface area (Å²) in [5.41, 5.74) is 0. The highest BCUT2D eigenvalue weighted by atomic mass is 32.4. The molecule has 0 spiro atoms. The van der Waals surface area contributed by atoms with E-state index in [0.717, 1.165) is 0 Å². The molecule has 0 aromatic carbocycles. The summed E-state index contributed by atoms with van der Waals surface area (Å²) < 4.78 is 0. The third-order valence-corrected chi connectivity index (χ3v) is 1.39. The first-order valence-corrected chi connectivity index (χ1v) is 3.83. The molecule has 2 nitrogen and oxygen atoms in total. The van der Waals surface area contributed by atoms with Crippen LogP contribution in [0, 0.1) is 0 Å². The molecule has 1 unspecified atom stereocenters. The number of rotatable bonds is 3. The average Bonchev–Trinajstić information content (AvgIpc) is 1.68. The van der Waals surface area contributed by atoms with Gasteiger partial charge in [0.05, 0.1) is 0 Å². The van der Waals surface area contributed by atoms with Crippen molar-refractivity contribution >= 4 is 25.4 Å². The number of aliphatic hydroxyl groups is 1. The fourth-order valence-electron chi connectivity index (χ4n) is 0.119. The van der Waals surface area contributed by atoms with Gasteiger partial charge in [-0.3, -0.25) is 0 Å². The molecule has 4 heteroatoms. The van der Waals surface area contributed by atoms with Crippen LogP contribution < -0.4 is 0 Å². The zero-order valence-corrected chi connectivity index (χ0v) is 5.28. The molecular formula is C3H5O2PS. The highest BCUT2D eigenvalue weighted by molar-refractivity contribution is 7.96. The highest BCUT2D eigenvalue weighted by Crippen LogP contribution is 1.92. The van der Waals surface area contributed by atoms with Crippen LogP contribution >= 0.6 is 7.36 Å². The number of aldehydes is 1. The van der Waals surface area contributed by atoms with Gasteiger partial charge in [0, 0.05) is 6.16 Å². The largest absolute Gasteiger partial charge is 0.385 e. The lowest BCUT2D eigenvalue weighted by atomic mass is 10.5. The van der Waals surface area contributed by atoms with Gasteiger partial charge in [-0.05, 0) is 7.36 Å². The predicted molar refractivity (Wildman–Crippen MR) is 31.2 cm³/mol. The van der Waals surface area contributed by atoms with E-state index in [0.29, 0.717) is 19.8 Å². The lowest BCUT2D eigenvalue weighted by Gasteiger charge is -1.89. The third-order valence-electron chi connectivity index (χ3n) is 0.419. The van der Waals surface area contributed by atoms with Crippen LogP contribution in [0.5, 0.6) is 0 Å². The van der Waals surface area contributed by atoms with Gasteiger partial charge in [0.25, 0.3) is 0 Å². The van der Waals surface area contributed by atoms with E-state index >= 15 is 0 Å². The van der Waals surface area contributed by atoms with Crippen LogP contribution in [0.2, 0.25) is 0 Å². The van der Waals surface area contributed by atoms with Crippen LogP contribution in [0.3, 0.4) is 0 Å². The van der Waals surface area contributed by atoms with Crippen LogP contribution in [-0.4, -0.2) is 23.7 Å². The molecule has 0 aliphatic rings. The molecule has 40 valence electrons. The van der Waals surface area contributed by atoms with Gasteiger partial charge in [-0.2, -0.15) is 0 Å². The minimum Gasteiger partial charge on any atom is -0.385 e. The van der Waals surface area contributed by atoms with Gasteiger partial charge in [0.2, 0.25) is 0 Å². The maximum atomic E-state index is 9.59. The fraction of sp³-hybridized carbons (Fsp3) is 0.667. The predicted octanol–water partition coefficient (Wildman–Crippen LogP) is -0.0457. The van der Waals surface area contributed by atoms with Crippen molar-refractivity contribution in [3.63, 3.8) is 0 Å². The normalized spacial score (nSPS) is 13.9. The topological polar surface area (TPSA) is 37.3 Å². The molecule has 1 atom stereocenters. The minimum absolute atomic E-state index is 0.374. The molecule has 0 aliphatic heterocycles. The average molecular weight is 136 g/mol. The Hall–Kier alpha value is 0.150. The van der Waals surface area contributed by atoms with Gasteiger partial charge >= 0.3 is 0 Å². The van der Waals surface area contributed by atoms with Crippen LogP contribution in [0.4, 0.5) is 0 Å². The second-order valence-corrected chi connectivity index (χ2v) is 2.41. The molecule has 1 N–H and O–H groups in total. The summed E-state index contributed by atoms with van der Waals surface area (Å²) in [5.74, 6) is 0. The summed E-state index contributed by atoms with van der Waals surface area (Å²) in [5, 5.41) is 8.42. The first-order valence-electron chi connectivity index (χ1n) is 1.73. The Morgan fingerprint density at radius 1 is 2.00 bits per heavy atom. The van der Waals surface area contributed by atoms with Crippen LogP contribution in [0.25, 0.3) is 0 Å². The van der Waals surface area contributed by atoms with Gasteiger partial charge in [-0.15, -0.1) is 0 Å². The number of hydrogen-bond donors (Lipinski definition) is 1. The van der Waals surface area contributed by atoms with Crippen molar-refractivity contribution in [2.24, 2.45) is 0 Å². The molecule has 0 heterocycles. The highest BCUT2D eigenvalue weighted by Gasteiger charge is 1.94. The standard InChI is InChI=1S/C3H5O2PS/c4-1-3(5)2-6-7/h1,3,5H,2H2. The number of aliphatic hydroxyl groups excluding tert-OH is 1. The molecule has 0 saturated carbocycles. The van der Waals surface area contributed by atoms with Gasteiger partial charge < -0.3 is 9.90 Å². The zero-order valence-electron chi connectivity index (χ0n) is 3.57. The zero-order chi connectivity index (χ0) is 5.70. The van der Waals surface area contributed by atoms with Gasteiger partial charge in [-0.1, -0.05) is 11.8 Å². The van der Waals surface area contributed by atoms with E-state index < -0.39 is 6.10 Å². The Kier molecular flexibility index (Phi) is 4.41. The van der Waals surface area contributed by atoms with Crippen molar-refractivity contribution in [1.29, 1.82) is 0 Å². The van der Waals surface area contributed by atoms with Crippen molar-refractivity contribution in [1.82, 2.24) is 0 Å². The SMILES string of the molecule is O=CC(O)CP=S. The third kappa shape index (κ3) is 3.99. The van der Waals surface area contributed by atoms with E-state index in [1.807, 2.05) is 0 Å². The molecule has 0 amide bonds. The van der Waals surface area contributed by atoms with E-state index in [2.05, 4.69) is 11.8 Å². The van der Waals surface area contributed by atoms with E-state index in [9.17, 15) is 4.79 Å². The smallest absolute Gasteiger partial charge is 0.149 e. The maximum absolute atomic E-state index is 9.59. The number of carbonyl (C=O) groups excluding carboxylic acids is 1. The first kappa shape index (κ1) is 7.15. The van der Waals surface area contributed by atoms with E-state index in [-0.39, 0.29) is 0 Å². The lowest BCUT2D eigenvalue weighted by Crippen LogP contribution is -2.08. The van der Waals surface area contributed by atoms with Gasteiger partial charge in [0.15, 0.2) is 0 Å². The van der Waals surface area contributed by atoms with Crippen molar-refractivity contribution in [3.05, 3.63) is 0 Å². The molecular weight excluding hydrogens is 131 g/mol. The molecule has 0 radical (unpaired) electrons. The van der Waals surface area contributed by atoms with Gasteiger partial charge in [0.1, 0.15) is 12.4 Å². The molecule has 0 aromatic heterocycles. The molecule has 0 aromatic rings. The molecule has 0 fully saturated rings. The van der Waals surface area contributed by atoms with E-state index in [1.54, 1.807) is 0 Å². The first-order chi connectivity index (χ1) is 3.31. The summed E-state index contributed by atoms with van der Waals surface area (Å²) in [4.78, 5) is 9.59. The van der Waals surface area contributed by atoms with Crippen LogP contribution in [0.15, 0.2) is 0 Å². The maximum Gasteiger partial charge on any atom is 0.149 e. The van der Waals surface area contributed by atoms with Crippen molar-refractivity contribution in [2.75, 3.05) is 6.16 Å². The second kappa shape index (κ2) is 4.31. The quantitative estimate of drug-likeness (QED) is 0.436. The molecule has 0 rings (SSSR count). The molecule has 0 bridgehead atoms. The Morgan fingerprint density at radius 2 is 2.57 bits per heavy atom. The summed E-state index contributed by atoms with van der Waals surface area (Å²) >= 11 is 4.45. The lowest BCUT2D eigenvalue weighted by molar-refractivity contribution is -0.113. The Morgan fingerprint density at radius 3 is 2.71 bits per heavy atom. The van der Waals surface area contributed by atoms with E-state index in [4.69, 9.17) is 5.11 Å². The number of carbonyl (C=O) groups is 1. The molecule has 7 heavy (non-hydrogen) atoms. The summed E-state index contributed by atoms with van der Waals surface area (Å²) in [6.07, 6.45) is 0.0113. The summed E-state index contributed by atoms with van der Waals surface area (Å²) in [7, 11) is 0.642. The van der Waals surface area contributed by atoms with Crippen LogP contribution in [0.1, 0.15) is 0 Å². The van der Waals surface area contributed by atoms with Gasteiger partial charge in [-0.25, -0.2) is 0 Å². The van der Waals surface area contributed by atoms with Crippen LogP contribution in [-0.2, 0) is 16.6 Å². The fourth-order valence-corrected chi connectivity index (χ4v) is 0.816. The van der Waals surface area contributed by atoms with Crippen molar-refractivity contribution in [3.8, 4) is 0 Å². The minimum atomic E-state index is -0.848. The van der Waals surface area contributed by atoms with Crippen molar-refractivity contribution < 1.29 is 9.90 Å². The number of hydrogen-bond acceptors (Lipinski definition) is 3.